The summed E-state index contributed by atoms with van der Waals surface area (Å²) in [7, 11) is -4.01. The number of benzene rings is 3. The zero-order valence-corrected chi connectivity index (χ0v) is 28.0. The van der Waals surface area contributed by atoms with E-state index in [1.165, 1.54) is 50.2 Å². The zero-order chi connectivity index (χ0) is 31.8. The number of rotatable bonds is 12. The molecular weight excluding hydrogens is 682 g/mol. The number of amides is 2. The van der Waals surface area contributed by atoms with Crippen molar-refractivity contribution < 1.29 is 22.7 Å². The van der Waals surface area contributed by atoms with Crippen molar-refractivity contribution in [3.05, 3.63) is 81.8 Å². The largest absolute Gasteiger partial charge is 0.454 e. The molecule has 2 N–H and O–H groups in total. The second kappa shape index (κ2) is 15.4. The first kappa shape index (κ1) is 33.2. The molecule has 2 aliphatic heterocycles. The van der Waals surface area contributed by atoms with Gasteiger partial charge in [-0.2, -0.15) is 0 Å². The molecule has 2 fully saturated rings. The standard InChI is InChI=1S/C32H37BrClN5O5S/c33-25-10-13-29(27(34)22-25)44-30-7-2-1-6-28(30)36-45(42,43)26-11-8-24(9-12-26)32(41)35-23-31(40)39-20-18-38(19-21-39)17-5-16-37-14-3-4-15-37/h1-2,6-13,22,36H,3-5,14-21,23H2,(H,35,41). The molecule has 0 spiro atoms. The fourth-order valence-electron chi connectivity index (χ4n) is 5.42. The number of piperazine rings is 1. The number of nitrogens with zero attached hydrogens (tertiary/aromatic N) is 3. The van der Waals surface area contributed by atoms with E-state index in [4.69, 9.17) is 16.3 Å². The smallest absolute Gasteiger partial charge is 0.262 e. The van der Waals surface area contributed by atoms with Crippen LogP contribution in [0.5, 0.6) is 11.5 Å². The molecule has 13 heteroatoms. The van der Waals surface area contributed by atoms with Crippen molar-refractivity contribution in [3.8, 4) is 11.5 Å². The Bertz CT molecular complexity index is 1590. The number of hydrogen-bond donors (Lipinski definition) is 2. The summed E-state index contributed by atoms with van der Waals surface area (Å²) in [5.74, 6) is 0.0514. The minimum absolute atomic E-state index is 0.0371. The normalized spacial score (nSPS) is 16.0. The summed E-state index contributed by atoms with van der Waals surface area (Å²) < 4.78 is 35.6. The van der Waals surface area contributed by atoms with Gasteiger partial charge in [0.25, 0.3) is 15.9 Å². The molecule has 2 heterocycles. The van der Waals surface area contributed by atoms with E-state index in [2.05, 4.69) is 35.8 Å². The zero-order valence-electron chi connectivity index (χ0n) is 24.9. The summed E-state index contributed by atoms with van der Waals surface area (Å²) in [4.78, 5) is 32.1. The highest BCUT2D eigenvalue weighted by molar-refractivity contribution is 9.10. The Morgan fingerprint density at radius 1 is 0.844 bits per heavy atom. The number of nitrogens with one attached hydrogen (secondary N) is 2. The molecular formula is C32H37BrClN5O5S. The van der Waals surface area contributed by atoms with Crippen molar-refractivity contribution in [1.82, 2.24) is 20.0 Å². The summed E-state index contributed by atoms with van der Waals surface area (Å²) in [5.41, 5.74) is 0.470. The molecule has 240 valence electrons. The average molecular weight is 719 g/mol. The molecule has 10 nitrogen and oxygen atoms in total. The van der Waals surface area contributed by atoms with Crippen molar-refractivity contribution in [1.29, 1.82) is 0 Å². The highest BCUT2D eigenvalue weighted by atomic mass is 79.9. The van der Waals surface area contributed by atoms with Crippen LogP contribution in [-0.2, 0) is 14.8 Å². The predicted molar refractivity (Wildman–Crippen MR) is 179 cm³/mol. The van der Waals surface area contributed by atoms with Crippen LogP contribution in [0.25, 0.3) is 0 Å². The van der Waals surface area contributed by atoms with Gasteiger partial charge >= 0.3 is 0 Å². The Morgan fingerprint density at radius 3 is 2.20 bits per heavy atom. The summed E-state index contributed by atoms with van der Waals surface area (Å²) >= 11 is 9.61. The summed E-state index contributed by atoms with van der Waals surface area (Å²) in [6.07, 6.45) is 3.75. The number of carbonyl (C=O) groups is 2. The number of ether oxygens (including phenoxy) is 1. The Kier molecular flexibility index (Phi) is 11.4. The van der Waals surface area contributed by atoms with Gasteiger partial charge in [-0.05, 0) is 100 Å². The van der Waals surface area contributed by atoms with Gasteiger partial charge in [0.1, 0.15) is 5.75 Å². The molecule has 3 aromatic carbocycles. The molecule has 0 radical (unpaired) electrons. The Labute approximate surface area is 277 Å². The van der Waals surface area contributed by atoms with Gasteiger partial charge in [-0.15, -0.1) is 0 Å². The highest BCUT2D eigenvalue weighted by Crippen LogP contribution is 2.35. The molecule has 2 aliphatic rings. The van der Waals surface area contributed by atoms with E-state index in [-0.39, 0.29) is 34.3 Å². The van der Waals surface area contributed by atoms with Crippen molar-refractivity contribution in [2.24, 2.45) is 0 Å². The van der Waals surface area contributed by atoms with Crippen LogP contribution in [0.2, 0.25) is 5.02 Å². The van der Waals surface area contributed by atoms with E-state index in [1.54, 1.807) is 47.4 Å². The Balaban J connectivity index is 1.09. The van der Waals surface area contributed by atoms with Gasteiger partial charge in [0.15, 0.2) is 5.75 Å². The SMILES string of the molecule is O=C(NCC(=O)N1CCN(CCCN2CCCC2)CC1)c1ccc(S(=O)(=O)Nc2ccccc2Oc2ccc(Br)cc2Cl)cc1. The number of carbonyl (C=O) groups excluding carboxylic acids is 2. The van der Waals surface area contributed by atoms with Crippen molar-refractivity contribution in [2.45, 2.75) is 24.2 Å². The molecule has 5 rings (SSSR count). The minimum Gasteiger partial charge on any atom is -0.454 e. The maximum atomic E-state index is 13.2. The minimum atomic E-state index is -4.01. The molecule has 3 aromatic rings. The number of para-hydroxylation sites is 2. The molecule has 0 unspecified atom stereocenters. The molecule has 2 amide bonds. The third-order valence-electron chi connectivity index (χ3n) is 7.94. The number of anilines is 1. The third-order valence-corrected chi connectivity index (χ3v) is 10.1. The lowest BCUT2D eigenvalue weighted by Crippen LogP contribution is -2.51. The van der Waals surface area contributed by atoms with E-state index in [0.717, 1.165) is 37.1 Å². The molecule has 0 aliphatic carbocycles. The maximum Gasteiger partial charge on any atom is 0.262 e. The Morgan fingerprint density at radius 2 is 1.51 bits per heavy atom. The molecule has 0 aromatic heterocycles. The highest BCUT2D eigenvalue weighted by Gasteiger charge is 2.22. The van der Waals surface area contributed by atoms with Gasteiger partial charge in [-0.3, -0.25) is 19.2 Å². The number of likely N-dealkylation sites (tertiary alicyclic amines) is 1. The van der Waals surface area contributed by atoms with Gasteiger partial charge in [-0.1, -0.05) is 39.7 Å². The van der Waals surface area contributed by atoms with Crippen molar-refractivity contribution in [2.75, 3.05) is 63.6 Å². The van der Waals surface area contributed by atoms with Gasteiger partial charge in [0.2, 0.25) is 5.91 Å². The van der Waals surface area contributed by atoms with Gasteiger partial charge < -0.3 is 19.9 Å². The van der Waals surface area contributed by atoms with Crippen LogP contribution in [0, 0.1) is 0 Å². The van der Waals surface area contributed by atoms with Crippen LogP contribution in [0.15, 0.2) is 76.1 Å². The van der Waals surface area contributed by atoms with E-state index in [0.29, 0.717) is 23.9 Å². The van der Waals surface area contributed by atoms with Crippen molar-refractivity contribution in [3.63, 3.8) is 0 Å². The first-order valence-electron chi connectivity index (χ1n) is 15.0. The van der Waals surface area contributed by atoms with Crippen LogP contribution >= 0.6 is 27.5 Å². The lowest BCUT2D eigenvalue weighted by atomic mass is 10.2. The number of halogens is 2. The maximum absolute atomic E-state index is 13.2. The lowest BCUT2D eigenvalue weighted by molar-refractivity contribution is -0.131. The number of sulfonamides is 1. The number of hydrogen-bond acceptors (Lipinski definition) is 7. The average Bonchev–Trinajstić information content (AvgIpc) is 3.56. The van der Waals surface area contributed by atoms with Crippen LogP contribution in [0.4, 0.5) is 5.69 Å². The van der Waals surface area contributed by atoms with E-state index in [9.17, 15) is 18.0 Å². The van der Waals surface area contributed by atoms with Crippen LogP contribution in [0.3, 0.4) is 0 Å². The van der Waals surface area contributed by atoms with E-state index >= 15 is 0 Å². The van der Waals surface area contributed by atoms with E-state index < -0.39 is 15.9 Å². The summed E-state index contributed by atoms with van der Waals surface area (Å²) in [6.45, 7) is 7.43. The van der Waals surface area contributed by atoms with Crippen LogP contribution in [0.1, 0.15) is 29.6 Å². The molecule has 45 heavy (non-hydrogen) atoms. The quantitative estimate of drug-likeness (QED) is 0.270. The van der Waals surface area contributed by atoms with Crippen LogP contribution in [-0.4, -0.2) is 93.8 Å². The molecule has 0 atom stereocenters. The lowest BCUT2D eigenvalue weighted by Gasteiger charge is -2.35. The molecule has 0 saturated carbocycles. The van der Waals surface area contributed by atoms with Crippen LogP contribution < -0.4 is 14.8 Å². The third kappa shape index (κ3) is 9.20. The van der Waals surface area contributed by atoms with Crippen molar-refractivity contribution >= 4 is 55.1 Å². The van der Waals surface area contributed by atoms with Gasteiger partial charge in [-0.25, -0.2) is 8.42 Å². The monoisotopic (exact) mass is 717 g/mol. The first-order chi connectivity index (χ1) is 21.7. The topological polar surface area (TPSA) is 111 Å². The second-order valence-electron chi connectivity index (χ2n) is 11.1. The summed E-state index contributed by atoms with van der Waals surface area (Å²) in [5, 5.41) is 3.02. The first-order valence-corrected chi connectivity index (χ1v) is 17.7. The second-order valence-corrected chi connectivity index (χ2v) is 14.1. The van der Waals surface area contributed by atoms with Gasteiger partial charge in [0.05, 0.1) is 22.2 Å². The van der Waals surface area contributed by atoms with Gasteiger partial charge in [0, 0.05) is 36.2 Å². The molecule has 0 bridgehead atoms. The van der Waals surface area contributed by atoms with E-state index in [1.807, 2.05) is 0 Å². The Hall–Kier alpha value is -3.16. The fraction of sp³-hybridized carbons (Fsp3) is 0.375. The fourth-order valence-corrected chi connectivity index (χ4v) is 7.20. The predicted octanol–water partition coefficient (Wildman–Crippen LogP) is 5.06. The molecule has 2 saturated heterocycles. The summed E-state index contributed by atoms with van der Waals surface area (Å²) in [6, 6.07) is 17.2.